The number of benzene rings is 1. The SMILES string of the molecule is CC(C1CCCCC1)N(C)S(=O)(=O)c1ccc2[nH]c(=O)[nH]c(=O)c2c1. The van der Waals surface area contributed by atoms with Crippen LogP contribution in [0.4, 0.5) is 0 Å². The molecule has 1 aliphatic carbocycles. The van der Waals surface area contributed by atoms with E-state index in [4.69, 9.17) is 0 Å². The quantitative estimate of drug-likeness (QED) is 0.862. The summed E-state index contributed by atoms with van der Waals surface area (Å²) in [5, 5.41) is 0.152. The molecule has 136 valence electrons. The lowest BCUT2D eigenvalue weighted by molar-refractivity contribution is 0.227. The minimum atomic E-state index is -3.72. The summed E-state index contributed by atoms with van der Waals surface area (Å²) >= 11 is 0. The summed E-state index contributed by atoms with van der Waals surface area (Å²) in [6.45, 7) is 1.94. The topological polar surface area (TPSA) is 103 Å². The fourth-order valence-electron chi connectivity index (χ4n) is 3.60. The summed E-state index contributed by atoms with van der Waals surface area (Å²) in [6, 6.07) is 4.11. The van der Waals surface area contributed by atoms with E-state index in [9.17, 15) is 18.0 Å². The summed E-state index contributed by atoms with van der Waals surface area (Å²) in [5.74, 6) is 0.355. The van der Waals surface area contributed by atoms with Gasteiger partial charge in [-0.05, 0) is 43.9 Å². The van der Waals surface area contributed by atoms with Crippen LogP contribution >= 0.6 is 0 Å². The van der Waals surface area contributed by atoms with Crippen LogP contribution in [0.15, 0.2) is 32.7 Å². The van der Waals surface area contributed by atoms with E-state index >= 15 is 0 Å². The van der Waals surface area contributed by atoms with Crippen LogP contribution in [0.2, 0.25) is 0 Å². The molecule has 1 atom stereocenters. The molecule has 2 N–H and O–H groups in total. The molecule has 1 unspecified atom stereocenters. The fourth-order valence-corrected chi connectivity index (χ4v) is 5.05. The molecule has 0 radical (unpaired) electrons. The number of rotatable bonds is 4. The number of aromatic amines is 2. The first-order valence-electron chi connectivity index (χ1n) is 8.55. The third kappa shape index (κ3) is 3.41. The third-order valence-electron chi connectivity index (χ3n) is 5.29. The molecule has 1 fully saturated rings. The van der Waals surface area contributed by atoms with Gasteiger partial charge in [0, 0.05) is 13.1 Å². The summed E-state index contributed by atoms with van der Waals surface area (Å²) in [4.78, 5) is 27.9. The monoisotopic (exact) mass is 365 g/mol. The lowest BCUT2D eigenvalue weighted by Crippen LogP contribution is -2.40. The predicted molar refractivity (Wildman–Crippen MR) is 96.2 cm³/mol. The number of aromatic nitrogens is 2. The van der Waals surface area contributed by atoms with Gasteiger partial charge in [-0.2, -0.15) is 4.31 Å². The summed E-state index contributed by atoms with van der Waals surface area (Å²) < 4.78 is 27.4. The van der Waals surface area contributed by atoms with Crippen LogP contribution < -0.4 is 11.2 Å². The van der Waals surface area contributed by atoms with Crippen LogP contribution in [0.25, 0.3) is 10.9 Å². The molecule has 7 nitrogen and oxygen atoms in total. The van der Waals surface area contributed by atoms with E-state index in [-0.39, 0.29) is 16.3 Å². The number of hydrogen-bond donors (Lipinski definition) is 2. The molecule has 25 heavy (non-hydrogen) atoms. The molecule has 8 heteroatoms. The van der Waals surface area contributed by atoms with Gasteiger partial charge in [0.1, 0.15) is 0 Å². The highest BCUT2D eigenvalue weighted by molar-refractivity contribution is 7.89. The van der Waals surface area contributed by atoms with E-state index in [0.717, 1.165) is 25.7 Å². The molecule has 1 aromatic heterocycles. The average Bonchev–Trinajstić information content (AvgIpc) is 2.60. The molecule has 1 heterocycles. The largest absolute Gasteiger partial charge is 0.326 e. The normalized spacial score (nSPS) is 17.9. The van der Waals surface area contributed by atoms with Gasteiger partial charge in [0.25, 0.3) is 5.56 Å². The number of hydrogen-bond acceptors (Lipinski definition) is 4. The minimum Gasteiger partial charge on any atom is -0.307 e. The maximum atomic E-state index is 13.0. The van der Waals surface area contributed by atoms with Crippen LogP contribution in [-0.2, 0) is 10.0 Å². The lowest BCUT2D eigenvalue weighted by atomic mass is 9.85. The van der Waals surface area contributed by atoms with Crippen LogP contribution in [0, 0.1) is 5.92 Å². The number of H-pyrrole nitrogens is 2. The van der Waals surface area contributed by atoms with Crippen molar-refractivity contribution in [3.8, 4) is 0 Å². The Labute approximate surface area is 146 Å². The van der Waals surface area contributed by atoms with Crippen molar-refractivity contribution in [2.24, 2.45) is 5.92 Å². The molecule has 0 saturated heterocycles. The molecule has 3 rings (SSSR count). The molecule has 0 spiro atoms. The maximum absolute atomic E-state index is 13.0. The molecule has 2 aromatic rings. The molecule has 0 bridgehead atoms. The second kappa shape index (κ2) is 6.76. The molecular formula is C17H23N3O4S. The van der Waals surface area contributed by atoms with E-state index in [1.54, 1.807) is 7.05 Å². The Morgan fingerprint density at radius 3 is 2.48 bits per heavy atom. The number of nitrogens with one attached hydrogen (secondary N) is 2. The fraction of sp³-hybridized carbons (Fsp3) is 0.529. The lowest BCUT2D eigenvalue weighted by Gasteiger charge is -2.33. The van der Waals surface area contributed by atoms with Gasteiger partial charge >= 0.3 is 5.69 Å². The number of sulfonamides is 1. The van der Waals surface area contributed by atoms with E-state index in [1.807, 2.05) is 6.92 Å². The second-order valence-corrected chi connectivity index (χ2v) is 8.77. The zero-order valence-corrected chi connectivity index (χ0v) is 15.2. The first kappa shape index (κ1) is 17.9. The predicted octanol–water partition coefficient (Wildman–Crippen LogP) is 1.81. The molecule has 1 aliphatic rings. The summed E-state index contributed by atoms with van der Waals surface area (Å²) in [6.07, 6.45) is 5.58. The van der Waals surface area contributed by atoms with E-state index in [2.05, 4.69) is 9.97 Å². The van der Waals surface area contributed by atoms with Crippen molar-refractivity contribution in [3.05, 3.63) is 39.0 Å². The molecule has 1 saturated carbocycles. The Hall–Kier alpha value is -1.93. The third-order valence-corrected chi connectivity index (χ3v) is 7.23. The van der Waals surface area contributed by atoms with Crippen LogP contribution in [0.5, 0.6) is 0 Å². The van der Waals surface area contributed by atoms with Gasteiger partial charge in [-0.25, -0.2) is 13.2 Å². The molecule has 0 aliphatic heterocycles. The standard InChI is InChI=1S/C17H23N3O4S/c1-11(12-6-4-3-5-7-12)20(2)25(23,24)13-8-9-15-14(10-13)16(21)19-17(22)18-15/h8-12H,3-7H2,1-2H3,(H2,18,19,21,22). The van der Waals surface area contributed by atoms with Crippen molar-refractivity contribution >= 4 is 20.9 Å². The highest BCUT2D eigenvalue weighted by atomic mass is 32.2. The van der Waals surface area contributed by atoms with Gasteiger partial charge in [-0.1, -0.05) is 19.3 Å². The van der Waals surface area contributed by atoms with Crippen LogP contribution in [0.1, 0.15) is 39.0 Å². The van der Waals surface area contributed by atoms with Gasteiger partial charge in [0.2, 0.25) is 10.0 Å². The van der Waals surface area contributed by atoms with E-state index < -0.39 is 21.3 Å². The smallest absolute Gasteiger partial charge is 0.307 e. The molecular weight excluding hydrogens is 342 g/mol. The summed E-state index contributed by atoms with van der Waals surface area (Å²) in [5.41, 5.74) is -0.898. The first-order chi connectivity index (χ1) is 11.8. The van der Waals surface area contributed by atoms with Gasteiger partial charge in [-0.15, -0.1) is 0 Å². The van der Waals surface area contributed by atoms with Gasteiger partial charge in [0.15, 0.2) is 0 Å². The van der Waals surface area contributed by atoms with Crippen molar-refractivity contribution in [2.45, 2.75) is 50.0 Å². The maximum Gasteiger partial charge on any atom is 0.326 e. The van der Waals surface area contributed by atoms with Gasteiger partial charge < -0.3 is 4.98 Å². The first-order valence-corrected chi connectivity index (χ1v) is 9.99. The highest BCUT2D eigenvalue weighted by Gasteiger charge is 2.31. The average molecular weight is 365 g/mol. The zero-order chi connectivity index (χ0) is 18.2. The van der Waals surface area contributed by atoms with Crippen LogP contribution in [0.3, 0.4) is 0 Å². The number of nitrogens with zero attached hydrogens (tertiary/aromatic N) is 1. The minimum absolute atomic E-state index is 0.0581. The van der Waals surface area contributed by atoms with Crippen molar-refractivity contribution in [1.29, 1.82) is 0 Å². The van der Waals surface area contributed by atoms with E-state index in [1.165, 1.54) is 28.9 Å². The van der Waals surface area contributed by atoms with E-state index in [0.29, 0.717) is 11.4 Å². The Morgan fingerprint density at radius 1 is 1.12 bits per heavy atom. The summed E-state index contributed by atoms with van der Waals surface area (Å²) in [7, 11) is -2.12. The van der Waals surface area contributed by atoms with Gasteiger partial charge in [-0.3, -0.25) is 9.78 Å². The van der Waals surface area contributed by atoms with Crippen molar-refractivity contribution in [1.82, 2.24) is 14.3 Å². The second-order valence-electron chi connectivity index (χ2n) is 6.78. The zero-order valence-electron chi connectivity index (χ0n) is 14.4. The molecule has 0 amide bonds. The highest BCUT2D eigenvalue weighted by Crippen LogP contribution is 2.31. The Morgan fingerprint density at radius 2 is 1.80 bits per heavy atom. The Kier molecular flexibility index (Phi) is 4.83. The Balaban J connectivity index is 1.97. The van der Waals surface area contributed by atoms with Crippen molar-refractivity contribution in [3.63, 3.8) is 0 Å². The van der Waals surface area contributed by atoms with Crippen molar-refractivity contribution < 1.29 is 8.42 Å². The molecule has 1 aromatic carbocycles. The van der Waals surface area contributed by atoms with Gasteiger partial charge in [0.05, 0.1) is 15.8 Å². The van der Waals surface area contributed by atoms with Crippen molar-refractivity contribution in [2.75, 3.05) is 7.05 Å². The van der Waals surface area contributed by atoms with Crippen LogP contribution in [-0.4, -0.2) is 35.8 Å². The number of fused-ring (bicyclic) bond motifs is 1. The Bertz CT molecular complexity index is 987.